The first-order valence-electron chi connectivity index (χ1n) is 6.03. The molecule has 1 fully saturated rings. The van der Waals surface area contributed by atoms with Gasteiger partial charge in [-0.2, -0.15) is 0 Å². The Balaban J connectivity index is 2.22. The van der Waals surface area contributed by atoms with Crippen LogP contribution < -0.4 is 5.32 Å². The Hall–Kier alpha value is -1.66. The van der Waals surface area contributed by atoms with E-state index >= 15 is 0 Å². The normalized spacial score (nSPS) is 17.5. The number of carboxylic acids is 1. The van der Waals surface area contributed by atoms with E-state index in [4.69, 9.17) is 16.3 Å². The van der Waals surface area contributed by atoms with Gasteiger partial charge in [0, 0.05) is 26.1 Å². The Morgan fingerprint density at radius 1 is 1.35 bits per heavy atom. The van der Waals surface area contributed by atoms with Crippen molar-refractivity contribution < 1.29 is 23.8 Å². The number of carboxylic acid groups (broad SMARTS) is 1. The van der Waals surface area contributed by atoms with Crippen LogP contribution in [0.4, 0.5) is 4.39 Å². The van der Waals surface area contributed by atoms with Crippen molar-refractivity contribution in [1.29, 1.82) is 0 Å². The summed E-state index contributed by atoms with van der Waals surface area (Å²) < 4.78 is 18.1. The summed E-state index contributed by atoms with van der Waals surface area (Å²) in [5, 5.41) is 11.8. The predicted molar refractivity (Wildman–Crippen MR) is 69.3 cm³/mol. The molecule has 1 aliphatic rings. The molecule has 0 radical (unpaired) electrons. The van der Waals surface area contributed by atoms with E-state index in [2.05, 4.69) is 5.32 Å². The summed E-state index contributed by atoms with van der Waals surface area (Å²) in [5.74, 6) is -2.32. The summed E-state index contributed by atoms with van der Waals surface area (Å²) in [4.78, 5) is 23.6. The predicted octanol–water partition coefficient (Wildman–Crippen LogP) is 1.84. The lowest BCUT2D eigenvalue weighted by molar-refractivity contribution is -0.148. The monoisotopic (exact) mass is 301 g/mol. The summed E-state index contributed by atoms with van der Waals surface area (Å²) >= 11 is 5.79. The molecule has 1 heterocycles. The topological polar surface area (TPSA) is 75.6 Å². The number of rotatable bonds is 3. The number of nitrogens with one attached hydrogen (secondary N) is 1. The zero-order chi connectivity index (χ0) is 14.8. The average molecular weight is 302 g/mol. The largest absolute Gasteiger partial charge is 0.480 e. The first-order chi connectivity index (χ1) is 9.44. The summed E-state index contributed by atoms with van der Waals surface area (Å²) in [6.45, 7) is 0.507. The molecule has 2 N–H and O–H groups in total. The maximum atomic E-state index is 12.9. The summed E-state index contributed by atoms with van der Waals surface area (Å²) in [7, 11) is 0. The molecule has 0 aliphatic carbocycles. The van der Waals surface area contributed by atoms with Gasteiger partial charge in [-0.05, 0) is 18.2 Å². The fourth-order valence-corrected chi connectivity index (χ4v) is 2.32. The molecule has 1 amide bonds. The van der Waals surface area contributed by atoms with Gasteiger partial charge in [0.2, 0.25) is 0 Å². The molecule has 1 aromatic carbocycles. The third-order valence-electron chi connectivity index (χ3n) is 3.28. The van der Waals surface area contributed by atoms with Crippen molar-refractivity contribution in [3.05, 3.63) is 34.6 Å². The third kappa shape index (κ3) is 2.91. The summed E-state index contributed by atoms with van der Waals surface area (Å²) in [5.41, 5.74) is -1.33. The van der Waals surface area contributed by atoms with Crippen LogP contribution in [0.2, 0.25) is 5.02 Å². The van der Waals surface area contributed by atoms with Crippen molar-refractivity contribution in [3.8, 4) is 0 Å². The Labute approximate surface area is 119 Å². The highest BCUT2D eigenvalue weighted by atomic mass is 35.5. The molecule has 7 heteroatoms. The van der Waals surface area contributed by atoms with Crippen molar-refractivity contribution in [2.75, 3.05) is 13.2 Å². The Morgan fingerprint density at radius 3 is 2.55 bits per heavy atom. The maximum absolute atomic E-state index is 12.9. The van der Waals surface area contributed by atoms with Gasteiger partial charge in [0.1, 0.15) is 11.4 Å². The molecular formula is C13H13ClFNO4. The van der Waals surface area contributed by atoms with Crippen molar-refractivity contribution in [3.63, 3.8) is 0 Å². The number of halogens is 2. The number of carbonyl (C=O) groups is 2. The van der Waals surface area contributed by atoms with Gasteiger partial charge < -0.3 is 15.2 Å². The molecule has 108 valence electrons. The second-order valence-electron chi connectivity index (χ2n) is 4.58. The van der Waals surface area contributed by atoms with Crippen molar-refractivity contribution in [2.45, 2.75) is 18.4 Å². The van der Waals surface area contributed by atoms with Crippen LogP contribution in [0.15, 0.2) is 18.2 Å². The first-order valence-corrected chi connectivity index (χ1v) is 6.41. The van der Waals surface area contributed by atoms with Crippen LogP contribution in [0.1, 0.15) is 23.2 Å². The minimum absolute atomic E-state index is 0.0418. The van der Waals surface area contributed by atoms with Crippen LogP contribution >= 0.6 is 11.6 Å². The summed E-state index contributed by atoms with van der Waals surface area (Å²) in [6, 6.07) is 3.33. The van der Waals surface area contributed by atoms with E-state index in [1.54, 1.807) is 0 Å². The molecule has 1 aromatic rings. The van der Waals surface area contributed by atoms with Gasteiger partial charge in [0.05, 0.1) is 10.6 Å². The number of hydrogen-bond acceptors (Lipinski definition) is 3. The molecule has 0 atom stereocenters. The molecule has 2 rings (SSSR count). The molecule has 0 aromatic heterocycles. The maximum Gasteiger partial charge on any atom is 0.329 e. The molecule has 0 spiro atoms. The fraction of sp³-hybridized carbons (Fsp3) is 0.385. The molecular weight excluding hydrogens is 289 g/mol. The van der Waals surface area contributed by atoms with E-state index in [-0.39, 0.29) is 36.6 Å². The van der Waals surface area contributed by atoms with E-state index in [1.165, 1.54) is 6.07 Å². The number of carbonyl (C=O) groups excluding carboxylic acids is 1. The Kier molecular flexibility index (Phi) is 4.25. The van der Waals surface area contributed by atoms with E-state index in [9.17, 15) is 19.1 Å². The second kappa shape index (κ2) is 5.76. The van der Waals surface area contributed by atoms with Gasteiger partial charge in [-0.3, -0.25) is 4.79 Å². The summed E-state index contributed by atoms with van der Waals surface area (Å²) in [6.07, 6.45) is 0.347. The second-order valence-corrected chi connectivity index (χ2v) is 4.99. The Morgan fingerprint density at radius 2 is 2.00 bits per heavy atom. The molecule has 0 bridgehead atoms. The van der Waals surface area contributed by atoms with E-state index in [0.29, 0.717) is 0 Å². The standard InChI is InChI=1S/C13H13ClFNO4/c14-10-7-8(15)1-2-9(10)11(17)16-13(12(18)19)3-5-20-6-4-13/h1-2,7H,3-6H2,(H,16,17)(H,18,19). The van der Waals surface area contributed by atoms with E-state index < -0.39 is 23.2 Å². The zero-order valence-electron chi connectivity index (χ0n) is 10.5. The van der Waals surface area contributed by atoms with Crippen molar-refractivity contribution >= 4 is 23.5 Å². The molecule has 1 aliphatic heterocycles. The fourth-order valence-electron chi connectivity index (χ4n) is 2.07. The van der Waals surface area contributed by atoms with Crippen LogP contribution in [-0.4, -0.2) is 35.7 Å². The molecule has 1 saturated heterocycles. The van der Waals surface area contributed by atoms with Gasteiger partial charge in [0.25, 0.3) is 5.91 Å². The Bertz CT molecular complexity index is 543. The zero-order valence-corrected chi connectivity index (χ0v) is 11.2. The number of ether oxygens (including phenoxy) is 1. The van der Waals surface area contributed by atoms with Gasteiger partial charge in [-0.1, -0.05) is 11.6 Å². The number of hydrogen-bond donors (Lipinski definition) is 2. The first kappa shape index (κ1) is 14.7. The van der Waals surface area contributed by atoms with Gasteiger partial charge in [-0.25, -0.2) is 9.18 Å². The highest BCUT2D eigenvalue weighted by molar-refractivity contribution is 6.33. The van der Waals surface area contributed by atoms with Crippen LogP contribution in [0.3, 0.4) is 0 Å². The van der Waals surface area contributed by atoms with Crippen LogP contribution in [0.5, 0.6) is 0 Å². The molecule has 20 heavy (non-hydrogen) atoms. The van der Waals surface area contributed by atoms with Gasteiger partial charge in [0.15, 0.2) is 0 Å². The minimum atomic E-state index is -1.37. The third-order valence-corrected chi connectivity index (χ3v) is 3.60. The van der Waals surface area contributed by atoms with Crippen molar-refractivity contribution in [2.24, 2.45) is 0 Å². The van der Waals surface area contributed by atoms with Crippen LogP contribution in [-0.2, 0) is 9.53 Å². The lowest BCUT2D eigenvalue weighted by Crippen LogP contribution is -2.57. The van der Waals surface area contributed by atoms with E-state index in [0.717, 1.165) is 12.1 Å². The average Bonchev–Trinajstić information content (AvgIpc) is 2.39. The highest BCUT2D eigenvalue weighted by Crippen LogP contribution is 2.23. The quantitative estimate of drug-likeness (QED) is 0.893. The number of amides is 1. The highest BCUT2D eigenvalue weighted by Gasteiger charge is 2.41. The molecule has 0 unspecified atom stereocenters. The lowest BCUT2D eigenvalue weighted by atomic mass is 9.89. The molecule has 0 saturated carbocycles. The minimum Gasteiger partial charge on any atom is -0.480 e. The van der Waals surface area contributed by atoms with Gasteiger partial charge in [-0.15, -0.1) is 0 Å². The van der Waals surface area contributed by atoms with Crippen LogP contribution in [0.25, 0.3) is 0 Å². The van der Waals surface area contributed by atoms with Crippen LogP contribution in [0, 0.1) is 5.82 Å². The SMILES string of the molecule is O=C(NC1(C(=O)O)CCOCC1)c1ccc(F)cc1Cl. The smallest absolute Gasteiger partial charge is 0.329 e. The number of benzene rings is 1. The van der Waals surface area contributed by atoms with E-state index in [1.807, 2.05) is 0 Å². The number of aliphatic carboxylic acids is 1. The lowest BCUT2D eigenvalue weighted by Gasteiger charge is -2.33. The van der Waals surface area contributed by atoms with Crippen molar-refractivity contribution in [1.82, 2.24) is 5.32 Å². The van der Waals surface area contributed by atoms with Gasteiger partial charge >= 0.3 is 5.97 Å². The molecule has 5 nitrogen and oxygen atoms in total.